The maximum Gasteiger partial charge on any atom is 0.194 e. The van der Waals surface area contributed by atoms with Crippen LogP contribution >= 0.6 is 35.6 Å². The SMILES string of the molecule is CCNC(=NCC(C)CN1CCN(C)CC1)N1CCN(c2ccccc2Cl)CC1.I. The second kappa shape index (κ2) is 12.9. The van der Waals surface area contributed by atoms with E-state index in [2.05, 4.69) is 57.9 Å². The summed E-state index contributed by atoms with van der Waals surface area (Å²) in [6, 6.07) is 8.12. The third kappa shape index (κ3) is 7.43. The molecule has 1 aromatic rings. The summed E-state index contributed by atoms with van der Waals surface area (Å²) in [5.74, 6) is 1.62. The molecule has 30 heavy (non-hydrogen) atoms. The van der Waals surface area contributed by atoms with Gasteiger partial charge in [-0.15, -0.1) is 24.0 Å². The van der Waals surface area contributed by atoms with Gasteiger partial charge in [-0.25, -0.2) is 0 Å². The number of rotatable bonds is 6. The third-order valence-electron chi connectivity index (χ3n) is 5.83. The first kappa shape index (κ1) is 25.5. The third-order valence-corrected chi connectivity index (χ3v) is 6.15. The average Bonchev–Trinajstić information content (AvgIpc) is 2.73. The molecule has 0 saturated carbocycles. The highest BCUT2D eigenvalue weighted by Crippen LogP contribution is 2.26. The Morgan fingerprint density at radius 1 is 1.07 bits per heavy atom. The minimum Gasteiger partial charge on any atom is -0.367 e. The van der Waals surface area contributed by atoms with Crippen LogP contribution in [0, 0.1) is 5.92 Å². The number of anilines is 1. The normalized spacial score (nSPS) is 20.1. The second-order valence-electron chi connectivity index (χ2n) is 8.33. The van der Waals surface area contributed by atoms with Crippen molar-refractivity contribution in [2.75, 3.05) is 83.9 Å². The lowest BCUT2D eigenvalue weighted by molar-refractivity contribution is 0.140. The van der Waals surface area contributed by atoms with Gasteiger partial charge in [0.05, 0.1) is 10.7 Å². The topological polar surface area (TPSA) is 37.4 Å². The van der Waals surface area contributed by atoms with E-state index in [1.54, 1.807) is 0 Å². The summed E-state index contributed by atoms with van der Waals surface area (Å²) in [5, 5.41) is 4.33. The molecule has 170 valence electrons. The first-order chi connectivity index (χ1) is 14.1. The molecule has 1 unspecified atom stereocenters. The molecule has 2 aliphatic rings. The van der Waals surface area contributed by atoms with Gasteiger partial charge in [0.1, 0.15) is 0 Å². The molecule has 1 aromatic carbocycles. The van der Waals surface area contributed by atoms with E-state index >= 15 is 0 Å². The summed E-state index contributed by atoms with van der Waals surface area (Å²) < 4.78 is 0. The van der Waals surface area contributed by atoms with Gasteiger partial charge in [0.15, 0.2) is 5.96 Å². The zero-order chi connectivity index (χ0) is 20.6. The Bertz CT molecular complexity index is 657. The lowest BCUT2D eigenvalue weighted by Gasteiger charge is -2.38. The van der Waals surface area contributed by atoms with Crippen molar-refractivity contribution in [3.05, 3.63) is 29.3 Å². The van der Waals surface area contributed by atoms with Crippen molar-refractivity contribution in [1.29, 1.82) is 0 Å². The van der Waals surface area contributed by atoms with Gasteiger partial charge in [-0.3, -0.25) is 4.99 Å². The van der Waals surface area contributed by atoms with Gasteiger partial charge in [-0.2, -0.15) is 0 Å². The van der Waals surface area contributed by atoms with Gasteiger partial charge in [0.2, 0.25) is 0 Å². The summed E-state index contributed by atoms with van der Waals surface area (Å²) in [4.78, 5) is 14.7. The molecule has 0 bridgehead atoms. The Morgan fingerprint density at radius 3 is 2.37 bits per heavy atom. The molecule has 8 heteroatoms. The predicted molar refractivity (Wildman–Crippen MR) is 140 cm³/mol. The van der Waals surface area contributed by atoms with Crippen LogP contribution < -0.4 is 10.2 Å². The van der Waals surface area contributed by atoms with E-state index < -0.39 is 0 Å². The van der Waals surface area contributed by atoms with Gasteiger partial charge < -0.3 is 24.9 Å². The van der Waals surface area contributed by atoms with E-state index in [0.717, 1.165) is 62.5 Å². The van der Waals surface area contributed by atoms with Crippen LogP contribution in [-0.2, 0) is 0 Å². The fraction of sp³-hybridized carbons (Fsp3) is 0.682. The largest absolute Gasteiger partial charge is 0.367 e. The van der Waals surface area contributed by atoms with E-state index in [4.69, 9.17) is 16.6 Å². The molecule has 2 aliphatic heterocycles. The molecule has 0 aliphatic carbocycles. The number of hydrogen-bond acceptors (Lipinski definition) is 4. The van der Waals surface area contributed by atoms with Gasteiger partial charge >= 0.3 is 0 Å². The van der Waals surface area contributed by atoms with Gasteiger partial charge in [0, 0.05) is 72.0 Å². The number of halogens is 2. The van der Waals surface area contributed by atoms with Crippen molar-refractivity contribution in [3.63, 3.8) is 0 Å². The highest BCUT2D eigenvalue weighted by Gasteiger charge is 2.21. The van der Waals surface area contributed by atoms with Crippen molar-refractivity contribution < 1.29 is 0 Å². The first-order valence-electron chi connectivity index (χ1n) is 11.0. The number of nitrogens with one attached hydrogen (secondary N) is 1. The highest BCUT2D eigenvalue weighted by atomic mass is 127. The van der Waals surface area contributed by atoms with Crippen LogP contribution in [0.15, 0.2) is 29.3 Å². The first-order valence-corrected chi connectivity index (χ1v) is 11.4. The Balaban J connectivity index is 0.00000320. The number of hydrogen-bond donors (Lipinski definition) is 1. The summed E-state index contributed by atoms with van der Waals surface area (Å²) in [5.41, 5.74) is 1.14. The van der Waals surface area contributed by atoms with Crippen LogP contribution in [0.2, 0.25) is 5.02 Å². The number of para-hydroxylation sites is 1. The van der Waals surface area contributed by atoms with E-state index in [-0.39, 0.29) is 24.0 Å². The van der Waals surface area contributed by atoms with Crippen LogP contribution in [0.4, 0.5) is 5.69 Å². The summed E-state index contributed by atoms with van der Waals surface area (Å²) in [7, 11) is 2.21. The summed E-state index contributed by atoms with van der Waals surface area (Å²) in [6.45, 7) is 15.9. The number of benzene rings is 1. The van der Waals surface area contributed by atoms with Crippen molar-refractivity contribution in [2.24, 2.45) is 10.9 Å². The second-order valence-corrected chi connectivity index (χ2v) is 8.74. The summed E-state index contributed by atoms with van der Waals surface area (Å²) in [6.07, 6.45) is 0. The van der Waals surface area contributed by atoms with E-state index in [1.165, 1.54) is 26.2 Å². The molecule has 0 aromatic heterocycles. The van der Waals surface area contributed by atoms with E-state index in [1.807, 2.05) is 12.1 Å². The molecule has 0 amide bonds. The number of guanidine groups is 1. The van der Waals surface area contributed by atoms with Gasteiger partial charge in [-0.05, 0) is 32.0 Å². The Labute approximate surface area is 204 Å². The zero-order valence-electron chi connectivity index (χ0n) is 18.7. The van der Waals surface area contributed by atoms with Crippen molar-refractivity contribution in [2.45, 2.75) is 13.8 Å². The molecule has 0 radical (unpaired) electrons. The lowest BCUT2D eigenvalue weighted by atomic mass is 10.1. The van der Waals surface area contributed by atoms with Crippen LogP contribution in [0.1, 0.15) is 13.8 Å². The number of nitrogens with zero attached hydrogens (tertiary/aromatic N) is 5. The van der Waals surface area contributed by atoms with Crippen LogP contribution in [-0.4, -0.2) is 99.7 Å². The molecular formula is C22H38ClIN6. The maximum atomic E-state index is 6.38. The van der Waals surface area contributed by atoms with Gasteiger partial charge in [0.25, 0.3) is 0 Å². The Morgan fingerprint density at radius 2 is 1.73 bits per heavy atom. The number of likely N-dealkylation sites (N-methyl/N-ethyl adjacent to an activating group) is 1. The molecule has 1 N–H and O–H groups in total. The van der Waals surface area contributed by atoms with Gasteiger partial charge in [-0.1, -0.05) is 30.7 Å². The molecule has 2 fully saturated rings. The van der Waals surface area contributed by atoms with E-state index in [0.29, 0.717) is 5.92 Å². The number of piperazine rings is 2. The molecule has 2 saturated heterocycles. The molecule has 2 heterocycles. The van der Waals surface area contributed by atoms with Crippen molar-refractivity contribution >= 4 is 47.2 Å². The quantitative estimate of drug-likeness (QED) is 0.336. The maximum absolute atomic E-state index is 6.38. The fourth-order valence-corrected chi connectivity index (χ4v) is 4.32. The molecule has 1 atom stereocenters. The standard InChI is InChI=1S/C22H37ClN6.HI/c1-4-24-22(25-17-19(2)18-27-11-9-26(3)10-12-27)29-15-13-28(14-16-29)21-8-6-5-7-20(21)23;/h5-8,19H,4,9-18H2,1-3H3,(H,24,25);1H. The Hall–Kier alpha value is -0.770. The highest BCUT2D eigenvalue weighted by molar-refractivity contribution is 14.0. The lowest BCUT2D eigenvalue weighted by Crippen LogP contribution is -2.52. The van der Waals surface area contributed by atoms with Crippen LogP contribution in [0.25, 0.3) is 0 Å². The smallest absolute Gasteiger partial charge is 0.194 e. The predicted octanol–water partition coefficient (Wildman–Crippen LogP) is 2.93. The minimum absolute atomic E-state index is 0. The molecule has 3 rings (SSSR count). The van der Waals surface area contributed by atoms with Crippen LogP contribution in [0.3, 0.4) is 0 Å². The molecule has 0 spiro atoms. The fourth-order valence-electron chi connectivity index (χ4n) is 4.06. The van der Waals surface area contributed by atoms with Crippen LogP contribution in [0.5, 0.6) is 0 Å². The average molecular weight is 549 g/mol. The number of aliphatic imine (C=N–C) groups is 1. The van der Waals surface area contributed by atoms with E-state index in [9.17, 15) is 0 Å². The molecule has 6 nitrogen and oxygen atoms in total. The van der Waals surface area contributed by atoms with Crippen molar-refractivity contribution in [1.82, 2.24) is 20.0 Å². The Kier molecular flexibility index (Phi) is 11.0. The monoisotopic (exact) mass is 548 g/mol. The minimum atomic E-state index is 0. The summed E-state index contributed by atoms with van der Waals surface area (Å²) >= 11 is 6.38. The van der Waals surface area contributed by atoms with Crippen molar-refractivity contribution in [3.8, 4) is 0 Å². The zero-order valence-corrected chi connectivity index (χ0v) is 21.8. The molecular weight excluding hydrogens is 511 g/mol.